The summed E-state index contributed by atoms with van der Waals surface area (Å²) in [5, 5.41) is 0. The van der Waals surface area contributed by atoms with E-state index in [9.17, 15) is 9.59 Å². The lowest BCUT2D eigenvalue weighted by Crippen LogP contribution is -2.43. The fourth-order valence-electron chi connectivity index (χ4n) is 7.39. The van der Waals surface area contributed by atoms with E-state index in [4.69, 9.17) is 28.9 Å². The van der Waals surface area contributed by atoms with Crippen molar-refractivity contribution < 1.29 is 28.5 Å². The number of ether oxygens (including phenoxy) is 4. The molecule has 2 atom stereocenters. The van der Waals surface area contributed by atoms with Crippen LogP contribution >= 0.6 is 0 Å². The van der Waals surface area contributed by atoms with Gasteiger partial charge < -0.3 is 23.9 Å². The Bertz CT molecular complexity index is 1880. The highest BCUT2D eigenvalue weighted by molar-refractivity contribution is 6.03. The van der Waals surface area contributed by atoms with E-state index in [0.717, 1.165) is 95.1 Å². The molecule has 3 aromatic rings. The first-order valence-electron chi connectivity index (χ1n) is 18.7. The molecule has 1 N–H and O–H groups in total. The maximum absolute atomic E-state index is 13.0. The van der Waals surface area contributed by atoms with Crippen LogP contribution in [0.25, 0.3) is 28.0 Å². The number of hydrogen-bond acceptors (Lipinski definition) is 8. The largest absolute Gasteiger partial charge is 0.493 e. The van der Waals surface area contributed by atoms with Gasteiger partial charge in [-0.2, -0.15) is 0 Å². The molecule has 2 amide bonds. The predicted molar refractivity (Wildman–Crippen MR) is 201 cm³/mol. The van der Waals surface area contributed by atoms with Crippen molar-refractivity contribution in [3.05, 3.63) is 60.2 Å². The molecule has 11 heteroatoms. The molecule has 0 radical (unpaired) electrons. The number of nitrogens with zero attached hydrogens (tertiary/aromatic N) is 4. The molecule has 0 saturated carbocycles. The second-order valence-corrected chi connectivity index (χ2v) is 16.1. The average Bonchev–Trinajstić information content (AvgIpc) is 3.91. The normalized spacial score (nSPS) is 20.7. The highest BCUT2D eigenvalue weighted by Gasteiger charge is 2.37. The zero-order chi connectivity index (χ0) is 36.6. The molecule has 1 aromatic heterocycles. The van der Waals surface area contributed by atoms with Crippen molar-refractivity contribution in [2.45, 2.75) is 110 Å². The standard InChI is InChI=1S/C41H51N5O6/c1-40(2,3)51-38(47)45-17-9-11-33(45)31-21-28(24-42-31)26-13-15-29-30-16-14-27(23-36(30)50-20-8-7-19-49-35(29)22-26)32-25-43-37(44-32)34-12-10-18-46(34)39(48)52-41(4,5)6/h13-16,22-25,33-34H,7-12,17-21H2,1-6H3,(H,43,44)/t33-,34-/m0/s1. The predicted octanol–water partition coefficient (Wildman–Crippen LogP) is 8.95. The van der Waals surface area contributed by atoms with Crippen molar-refractivity contribution in [1.82, 2.24) is 19.8 Å². The zero-order valence-electron chi connectivity index (χ0n) is 31.3. The van der Waals surface area contributed by atoms with Crippen molar-refractivity contribution in [3.8, 4) is 33.9 Å². The number of amides is 2. The molecule has 0 spiro atoms. The number of aromatic amines is 1. The van der Waals surface area contributed by atoms with Crippen LogP contribution in [0.3, 0.4) is 0 Å². The molecular weight excluding hydrogens is 658 g/mol. The molecule has 4 aliphatic rings. The molecule has 11 nitrogen and oxygen atoms in total. The number of carbonyl (C=O) groups excluding carboxylic acids is 2. The van der Waals surface area contributed by atoms with Crippen molar-refractivity contribution in [2.75, 3.05) is 26.3 Å². The third-order valence-electron chi connectivity index (χ3n) is 9.80. The first kappa shape index (κ1) is 35.6. The third-order valence-corrected chi connectivity index (χ3v) is 9.80. The molecule has 0 unspecified atom stereocenters. The smallest absolute Gasteiger partial charge is 0.410 e. The van der Waals surface area contributed by atoms with E-state index in [1.807, 2.05) is 58.8 Å². The van der Waals surface area contributed by atoms with E-state index >= 15 is 0 Å². The number of H-pyrrole nitrogens is 1. The first-order valence-corrected chi connectivity index (χ1v) is 18.7. The molecule has 276 valence electrons. The summed E-state index contributed by atoms with van der Waals surface area (Å²) < 4.78 is 24.2. The Kier molecular flexibility index (Phi) is 9.80. The Morgan fingerprint density at radius 2 is 1.33 bits per heavy atom. The van der Waals surface area contributed by atoms with Gasteiger partial charge >= 0.3 is 12.2 Å². The van der Waals surface area contributed by atoms with E-state index in [1.54, 1.807) is 4.90 Å². The molecule has 0 aliphatic carbocycles. The topological polar surface area (TPSA) is 119 Å². The van der Waals surface area contributed by atoms with Crippen molar-refractivity contribution in [3.63, 3.8) is 0 Å². The van der Waals surface area contributed by atoms with Crippen LogP contribution < -0.4 is 9.47 Å². The van der Waals surface area contributed by atoms with Gasteiger partial charge in [-0.15, -0.1) is 0 Å². The molecule has 2 saturated heterocycles. The Morgan fingerprint density at radius 1 is 0.769 bits per heavy atom. The number of fused-ring (bicyclic) bond motifs is 3. The summed E-state index contributed by atoms with van der Waals surface area (Å²) >= 11 is 0. The van der Waals surface area contributed by atoms with Crippen LogP contribution in [0, 0.1) is 0 Å². The van der Waals surface area contributed by atoms with E-state index in [1.165, 1.54) is 0 Å². The van der Waals surface area contributed by atoms with Gasteiger partial charge in [0.25, 0.3) is 0 Å². The minimum absolute atomic E-state index is 0.0531. The zero-order valence-corrected chi connectivity index (χ0v) is 31.3. The number of imidazole rings is 1. The number of aromatic nitrogens is 2. The number of likely N-dealkylation sites (tertiary alicyclic amines) is 2. The summed E-state index contributed by atoms with van der Waals surface area (Å²) in [6.45, 7) is 13.8. The highest BCUT2D eigenvalue weighted by atomic mass is 16.6. The lowest BCUT2D eigenvalue weighted by molar-refractivity contribution is 0.0216. The van der Waals surface area contributed by atoms with Crippen molar-refractivity contribution in [2.24, 2.45) is 4.99 Å². The molecule has 0 bridgehead atoms. The maximum atomic E-state index is 13.0. The minimum Gasteiger partial charge on any atom is -0.493 e. The van der Waals surface area contributed by atoms with Crippen LogP contribution in [0.5, 0.6) is 11.5 Å². The van der Waals surface area contributed by atoms with Gasteiger partial charge in [-0.1, -0.05) is 12.1 Å². The molecule has 2 aromatic carbocycles. The Labute approximate surface area is 306 Å². The number of allylic oxidation sites excluding steroid dienone is 1. The monoisotopic (exact) mass is 709 g/mol. The molecule has 5 heterocycles. The summed E-state index contributed by atoms with van der Waals surface area (Å²) in [4.78, 5) is 42.5. The second kappa shape index (κ2) is 14.3. The minimum atomic E-state index is -0.559. The van der Waals surface area contributed by atoms with Crippen LogP contribution in [0.4, 0.5) is 9.59 Å². The van der Waals surface area contributed by atoms with E-state index in [0.29, 0.717) is 32.7 Å². The highest BCUT2D eigenvalue weighted by Crippen LogP contribution is 2.42. The van der Waals surface area contributed by atoms with Crippen molar-refractivity contribution in [1.29, 1.82) is 0 Å². The molecule has 52 heavy (non-hydrogen) atoms. The maximum Gasteiger partial charge on any atom is 0.410 e. The summed E-state index contributed by atoms with van der Waals surface area (Å²) in [6.07, 6.45) is 9.13. The molecule has 4 aliphatic heterocycles. The van der Waals surface area contributed by atoms with Crippen LogP contribution in [0.15, 0.2) is 53.8 Å². The number of carbonyl (C=O) groups is 2. The lowest BCUT2D eigenvalue weighted by Gasteiger charge is -2.28. The van der Waals surface area contributed by atoms with Crippen LogP contribution in [0.1, 0.15) is 104 Å². The van der Waals surface area contributed by atoms with Crippen LogP contribution in [-0.4, -0.2) is 81.2 Å². The van der Waals surface area contributed by atoms with Gasteiger partial charge in [0.15, 0.2) is 0 Å². The number of rotatable bonds is 4. The number of benzene rings is 2. The van der Waals surface area contributed by atoms with Gasteiger partial charge in [0.05, 0.1) is 37.2 Å². The van der Waals surface area contributed by atoms with Crippen LogP contribution in [0.2, 0.25) is 0 Å². The van der Waals surface area contributed by atoms with Gasteiger partial charge in [-0.3, -0.25) is 14.8 Å². The summed E-state index contributed by atoms with van der Waals surface area (Å²) in [7, 11) is 0. The fourth-order valence-corrected chi connectivity index (χ4v) is 7.39. The summed E-state index contributed by atoms with van der Waals surface area (Å²) in [6, 6.07) is 12.3. The first-order chi connectivity index (χ1) is 24.8. The van der Waals surface area contributed by atoms with E-state index in [-0.39, 0.29) is 24.3 Å². The Balaban J connectivity index is 1.10. The van der Waals surface area contributed by atoms with E-state index < -0.39 is 11.2 Å². The van der Waals surface area contributed by atoms with Gasteiger partial charge in [-0.05, 0) is 115 Å². The number of hydrogen-bond donors (Lipinski definition) is 1. The molecule has 2 fully saturated rings. The van der Waals surface area contributed by atoms with Crippen molar-refractivity contribution >= 4 is 23.5 Å². The second-order valence-electron chi connectivity index (χ2n) is 16.1. The van der Waals surface area contributed by atoms with E-state index in [2.05, 4.69) is 41.4 Å². The van der Waals surface area contributed by atoms with Gasteiger partial charge in [0, 0.05) is 48.1 Å². The number of nitrogens with one attached hydrogen (secondary N) is 1. The third kappa shape index (κ3) is 7.83. The Hall–Kier alpha value is -4.80. The average molecular weight is 710 g/mol. The molecule has 7 rings (SSSR count). The van der Waals surface area contributed by atoms with Gasteiger partial charge in [0.1, 0.15) is 28.5 Å². The summed E-state index contributed by atoms with van der Waals surface area (Å²) in [5.74, 6) is 2.33. The Morgan fingerprint density at radius 3 is 1.94 bits per heavy atom. The number of aliphatic imine (C=N–C) groups is 1. The lowest BCUT2D eigenvalue weighted by atomic mass is 9.95. The summed E-state index contributed by atoms with van der Waals surface area (Å²) in [5.41, 5.74) is 5.77. The SMILES string of the molecule is CC(C)(C)OC(=O)N1CCC[C@H]1C1=NC=C(c2ccc3c(c2)OCCCCOc2cc(-c4cnc([C@@H]5CCCN5C(=O)OC(C)(C)C)[nH]4)ccc2-3)C1. The van der Waals surface area contributed by atoms with Gasteiger partial charge in [-0.25, -0.2) is 14.6 Å². The quantitative estimate of drug-likeness (QED) is 0.287. The van der Waals surface area contributed by atoms with Gasteiger partial charge in [0.2, 0.25) is 0 Å². The molecular formula is C41H51N5O6. The van der Waals surface area contributed by atoms with Crippen LogP contribution in [-0.2, 0) is 9.47 Å². The fraction of sp³-hybridized carbons (Fsp3) is 0.512.